The van der Waals surface area contributed by atoms with Crippen molar-refractivity contribution < 1.29 is 9.53 Å². The Balaban J connectivity index is 2.16. The van der Waals surface area contributed by atoms with Crippen molar-refractivity contribution in [3.8, 4) is 0 Å². The zero-order chi connectivity index (χ0) is 13.6. The highest BCUT2D eigenvalue weighted by molar-refractivity contribution is 5.78. The quantitative estimate of drug-likeness (QED) is 0.739. The van der Waals surface area contributed by atoms with E-state index < -0.39 is 0 Å². The third-order valence-electron chi connectivity index (χ3n) is 2.76. The fourth-order valence-corrected chi connectivity index (χ4v) is 1.96. The van der Waals surface area contributed by atoms with Crippen LogP contribution in [0.15, 0.2) is 0 Å². The van der Waals surface area contributed by atoms with Crippen LogP contribution in [0, 0.1) is 0 Å². The first-order valence-corrected chi connectivity index (χ1v) is 6.71. The molecule has 1 fully saturated rings. The summed E-state index contributed by atoms with van der Waals surface area (Å²) in [6.45, 7) is 13.0. The molecule has 1 atom stereocenters. The molecule has 5 heteroatoms. The third kappa shape index (κ3) is 6.93. The summed E-state index contributed by atoms with van der Waals surface area (Å²) in [6.07, 6.45) is 0. The molecular formula is C13H27N3O2. The highest BCUT2D eigenvalue weighted by Crippen LogP contribution is 1.99. The minimum atomic E-state index is -0.161. The van der Waals surface area contributed by atoms with Crippen molar-refractivity contribution in [3.63, 3.8) is 0 Å². The van der Waals surface area contributed by atoms with Crippen LogP contribution in [0.2, 0.25) is 0 Å². The molecular weight excluding hydrogens is 230 g/mol. The maximum Gasteiger partial charge on any atom is 0.234 e. The first kappa shape index (κ1) is 15.4. The maximum atomic E-state index is 11.6. The van der Waals surface area contributed by atoms with E-state index in [4.69, 9.17) is 4.74 Å². The van der Waals surface area contributed by atoms with Gasteiger partial charge in [-0.1, -0.05) is 0 Å². The lowest BCUT2D eigenvalue weighted by Gasteiger charge is -2.29. The molecule has 0 bridgehead atoms. The molecule has 1 aliphatic heterocycles. The van der Waals surface area contributed by atoms with E-state index in [0.29, 0.717) is 12.6 Å². The first-order valence-electron chi connectivity index (χ1n) is 6.71. The normalized spacial score (nSPS) is 19.6. The van der Waals surface area contributed by atoms with Gasteiger partial charge in [0.05, 0.1) is 19.8 Å². The van der Waals surface area contributed by atoms with E-state index in [9.17, 15) is 4.79 Å². The second kappa shape index (κ2) is 7.07. The molecule has 1 saturated heterocycles. The molecule has 18 heavy (non-hydrogen) atoms. The van der Waals surface area contributed by atoms with E-state index >= 15 is 0 Å². The molecule has 0 radical (unpaired) electrons. The van der Waals surface area contributed by atoms with Gasteiger partial charge in [-0.3, -0.25) is 9.69 Å². The van der Waals surface area contributed by atoms with Crippen molar-refractivity contribution in [1.82, 2.24) is 15.5 Å². The average molecular weight is 257 g/mol. The number of nitrogens with zero attached hydrogens (tertiary/aromatic N) is 1. The summed E-state index contributed by atoms with van der Waals surface area (Å²) in [5.74, 6) is 0.0522. The summed E-state index contributed by atoms with van der Waals surface area (Å²) in [5, 5.41) is 6.20. The molecule has 1 amide bonds. The molecule has 5 nitrogen and oxygen atoms in total. The molecule has 1 aliphatic rings. The van der Waals surface area contributed by atoms with Crippen molar-refractivity contribution in [3.05, 3.63) is 0 Å². The van der Waals surface area contributed by atoms with Crippen LogP contribution < -0.4 is 10.6 Å². The molecule has 0 unspecified atom stereocenters. The Kier molecular flexibility index (Phi) is 6.05. The molecule has 0 aromatic carbocycles. The summed E-state index contributed by atoms with van der Waals surface area (Å²) in [6, 6.07) is 0.314. The van der Waals surface area contributed by atoms with E-state index in [0.717, 1.165) is 32.8 Å². The molecule has 0 aromatic heterocycles. The Morgan fingerprint density at radius 1 is 1.33 bits per heavy atom. The smallest absolute Gasteiger partial charge is 0.234 e. The zero-order valence-electron chi connectivity index (χ0n) is 12.1. The predicted octanol–water partition coefficient (Wildman–Crippen LogP) is 0.211. The topological polar surface area (TPSA) is 53.6 Å². The standard InChI is InChI=1S/C13H27N3O2/c1-11(10-16-5-7-18-8-6-16)14-9-12(17)15-13(2,3)4/h11,14H,5-10H2,1-4H3,(H,15,17)/t11-/m0/s1. The summed E-state index contributed by atoms with van der Waals surface area (Å²) >= 11 is 0. The first-order chi connectivity index (χ1) is 8.37. The third-order valence-corrected chi connectivity index (χ3v) is 2.76. The van der Waals surface area contributed by atoms with Gasteiger partial charge in [0.1, 0.15) is 0 Å². The monoisotopic (exact) mass is 257 g/mol. The number of nitrogens with one attached hydrogen (secondary N) is 2. The molecule has 0 saturated carbocycles. The molecule has 0 spiro atoms. The van der Waals surface area contributed by atoms with E-state index in [1.54, 1.807) is 0 Å². The van der Waals surface area contributed by atoms with E-state index in [1.165, 1.54) is 0 Å². The van der Waals surface area contributed by atoms with Gasteiger partial charge in [-0.15, -0.1) is 0 Å². The zero-order valence-corrected chi connectivity index (χ0v) is 12.1. The largest absolute Gasteiger partial charge is 0.379 e. The van der Waals surface area contributed by atoms with Crippen molar-refractivity contribution in [2.24, 2.45) is 0 Å². The van der Waals surface area contributed by atoms with Crippen LogP contribution in [0.3, 0.4) is 0 Å². The number of hydrogen-bond acceptors (Lipinski definition) is 4. The van der Waals surface area contributed by atoms with E-state index in [2.05, 4.69) is 22.5 Å². The minimum Gasteiger partial charge on any atom is -0.379 e. The number of amides is 1. The van der Waals surface area contributed by atoms with Gasteiger partial charge in [0.15, 0.2) is 0 Å². The van der Waals surface area contributed by atoms with Gasteiger partial charge in [-0.2, -0.15) is 0 Å². The number of rotatable bonds is 5. The number of ether oxygens (including phenoxy) is 1. The van der Waals surface area contributed by atoms with Crippen molar-refractivity contribution in [1.29, 1.82) is 0 Å². The molecule has 1 heterocycles. The van der Waals surface area contributed by atoms with E-state index in [1.807, 2.05) is 20.8 Å². The summed E-state index contributed by atoms with van der Waals surface area (Å²) in [7, 11) is 0. The second-order valence-corrected chi connectivity index (χ2v) is 5.99. The molecule has 2 N–H and O–H groups in total. The average Bonchev–Trinajstić information content (AvgIpc) is 2.25. The van der Waals surface area contributed by atoms with Crippen LogP contribution >= 0.6 is 0 Å². The number of hydrogen-bond donors (Lipinski definition) is 2. The number of carbonyl (C=O) groups excluding carboxylic acids is 1. The van der Waals surface area contributed by atoms with Crippen molar-refractivity contribution in [2.45, 2.75) is 39.3 Å². The number of carbonyl (C=O) groups is 1. The van der Waals surface area contributed by atoms with Crippen LogP contribution in [-0.4, -0.2) is 61.8 Å². The van der Waals surface area contributed by atoms with Crippen molar-refractivity contribution >= 4 is 5.91 Å². The predicted molar refractivity (Wildman–Crippen MR) is 72.6 cm³/mol. The Morgan fingerprint density at radius 2 is 1.94 bits per heavy atom. The van der Waals surface area contributed by atoms with Crippen LogP contribution in [0.1, 0.15) is 27.7 Å². The molecule has 1 rings (SSSR count). The maximum absolute atomic E-state index is 11.6. The van der Waals surface area contributed by atoms with Gasteiger partial charge in [0.2, 0.25) is 5.91 Å². The van der Waals surface area contributed by atoms with Gasteiger partial charge in [0.25, 0.3) is 0 Å². The van der Waals surface area contributed by atoms with E-state index in [-0.39, 0.29) is 11.4 Å². The van der Waals surface area contributed by atoms with Gasteiger partial charge < -0.3 is 15.4 Å². The van der Waals surface area contributed by atoms with Crippen LogP contribution in [0.25, 0.3) is 0 Å². The highest BCUT2D eigenvalue weighted by atomic mass is 16.5. The molecule has 0 aliphatic carbocycles. The van der Waals surface area contributed by atoms with Crippen LogP contribution in [0.5, 0.6) is 0 Å². The number of morpholine rings is 1. The fraction of sp³-hybridized carbons (Fsp3) is 0.923. The van der Waals surface area contributed by atoms with Gasteiger partial charge >= 0.3 is 0 Å². The molecule has 0 aromatic rings. The van der Waals surface area contributed by atoms with Gasteiger partial charge in [0, 0.05) is 31.2 Å². The Hall–Kier alpha value is -0.650. The summed E-state index contributed by atoms with van der Waals surface area (Å²) < 4.78 is 5.31. The van der Waals surface area contributed by atoms with Crippen LogP contribution in [0.4, 0.5) is 0 Å². The minimum absolute atomic E-state index is 0.0522. The SMILES string of the molecule is C[C@@H](CN1CCOCC1)NCC(=O)NC(C)(C)C. The van der Waals surface area contributed by atoms with Gasteiger partial charge in [-0.25, -0.2) is 0 Å². The lowest BCUT2D eigenvalue weighted by molar-refractivity contribution is -0.121. The summed E-state index contributed by atoms with van der Waals surface area (Å²) in [4.78, 5) is 14.0. The van der Waals surface area contributed by atoms with Gasteiger partial charge in [-0.05, 0) is 27.7 Å². The summed E-state index contributed by atoms with van der Waals surface area (Å²) in [5.41, 5.74) is -0.161. The molecule has 106 valence electrons. The second-order valence-electron chi connectivity index (χ2n) is 5.99. The van der Waals surface area contributed by atoms with Crippen LogP contribution in [-0.2, 0) is 9.53 Å². The highest BCUT2D eigenvalue weighted by Gasteiger charge is 2.16. The Morgan fingerprint density at radius 3 is 2.50 bits per heavy atom. The Labute approximate surface area is 110 Å². The lowest BCUT2D eigenvalue weighted by Crippen LogP contribution is -2.49. The lowest BCUT2D eigenvalue weighted by atomic mass is 10.1. The van der Waals surface area contributed by atoms with Crippen molar-refractivity contribution in [2.75, 3.05) is 39.4 Å². The fourth-order valence-electron chi connectivity index (χ4n) is 1.96. The Bertz CT molecular complexity index is 257.